The minimum Gasteiger partial charge on any atom is -0.507 e. The fourth-order valence-corrected chi connectivity index (χ4v) is 4.30. The molecule has 0 amide bonds. The molecule has 1 heterocycles. The first-order chi connectivity index (χ1) is 14.6. The standard InChI is InChI=1S/C25H33NO4/c1-3-30-24(28)25(13-7-10-20-8-5-4-6-9-20)14-16-26(17-15-25)19-21-11-12-22(29-2)18-23(21)27/h4-6,8-9,11-12,18,27H,3,7,10,13-17,19H2,1-2H3. The van der Waals surface area contributed by atoms with E-state index in [-0.39, 0.29) is 11.7 Å². The first kappa shape index (κ1) is 22.2. The number of rotatable bonds is 9. The number of esters is 1. The van der Waals surface area contributed by atoms with Crippen molar-refractivity contribution in [1.82, 2.24) is 4.90 Å². The van der Waals surface area contributed by atoms with Gasteiger partial charge in [0.1, 0.15) is 11.5 Å². The predicted octanol–water partition coefficient (Wildman–Crippen LogP) is 4.57. The molecule has 1 saturated heterocycles. The highest BCUT2D eigenvalue weighted by atomic mass is 16.5. The monoisotopic (exact) mass is 411 g/mol. The second-order valence-electron chi connectivity index (χ2n) is 8.11. The number of hydrogen-bond acceptors (Lipinski definition) is 5. The molecule has 0 saturated carbocycles. The molecule has 0 aliphatic carbocycles. The number of carbonyl (C=O) groups is 1. The van der Waals surface area contributed by atoms with Gasteiger partial charge in [0.15, 0.2) is 0 Å². The summed E-state index contributed by atoms with van der Waals surface area (Å²) in [4.78, 5) is 15.2. The van der Waals surface area contributed by atoms with Crippen LogP contribution in [0.3, 0.4) is 0 Å². The van der Waals surface area contributed by atoms with E-state index in [0.717, 1.165) is 50.8 Å². The summed E-state index contributed by atoms with van der Waals surface area (Å²) in [5.41, 5.74) is 1.79. The van der Waals surface area contributed by atoms with Crippen LogP contribution in [0.5, 0.6) is 11.5 Å². The lowest BCUT2D eigenvalue weighted by atomic mass is 9.74. The first-order valence-electron chi connectivity index (χ1n) is 10.9. The maximum absolute atomic E-state index is 12.9. The van der Waals surface area contributed by atoms with Crippen LogP contribution in [0.25, 0.3) is 0 Å². The second-order valence-corrected chi connectivity index (χ2v) is 8.11. The molecule has 1 aliphatic rings. The van der Waals surface area contributed by atoms with Gasteiger partial charge in [-0.05, 0) is 63.7 Å². The van der Waals surface area contributed by atoms with Crippen LogP contribution in [0.2, 0.25) is 0 Å². The third-order valence-electron chi connectivity index (χ3n) is 6.17. The Kier molecular flexibility index (Phi) is 7.75. The summed E-state index contributed by atoms with van der Waals surface area (Å²) < 4.78 is 10.6. The van der Waals surface area contributed by atoms with E-state index in [1.807, 2.05) is 25.1 Å². The fraction of sp³-hybridized carbons (Fsp3) is 0.480. The van der Waals surface area contributed by atoms with Crippen LogP contribution >= 0.6 is 0 Å². The van der Waals surface area contributed by atoms with Gasteiger partial charge in [-0.1, -0.05) is 36.4 Å². The summed E-state index contributed by atoms with van der Waals surface area (Å²) in [6, 6.07) is 15.8. The van der Waals surface area contributed by atoms with E-state index in [0.29, 0.717) is 18.9 Å². The van der Waals surface area contributed by atoms with Crippen molar-refractivity contribution in [2.45, 2.75) is 45.6 Å². The number of phenols is 1. The Morgan fingerprint density at radius 2 is 1.87 bits per heavy atom. The Bertz CT molecular complexity index is 813. The van der Waals surface area contributed by atoms with Crippen LogP contribution in [0.15, 0.2) is 48.5 Å². The Hall–Kier alpha value is -2.53. The van der Waals surface area contributed by atoms with E-state index in [2.05, 4.69) is 29.2 Å². The highest BCUT2D eigenvalue weighted by Gasteiger charge is 2.42. The predicted molar refractivity (Wildman–Crippen MR) is 118 cm³/mol. The number of ether oxygens (including phenoxy) is 2. The van der Waals surface area contributed by atoms with Crippen molar-refractivity contribution in [2.24, 2.45) is 5.41 Å². The van der Waals surface area contributed by atoms with Crippen molar-refractivity contribution in [3.63, 3.8) is 0 Å². The first-order valence-corrected chi connectivity index (χ1v) is 10.9. The highest BCUT2D eigenvalue weighted by Crippen LogP contribution is 2.39. The number of hydrogen-bond donors (Lipinski definition) is 1. The van der Waals surface area contributed by atoms with Gasteiger partial charge >= 0.3 is 5.97 Å². The quantitative estimate of drug-likeness (QED) is 0.613. The van der Waals surface area contributed by atoms with Crippen molar-refractivity contribution in [2.75, 3.05) is 26.8 Å². The SMILES string of the molecule is CCOC(=O)C1(CCCc2ccccc2)CCN(Cc2ccc(OC)cc2O)CC1. The molecule has 1 fully saturated rings. The molecule has 5 nitrogen and oxygen atoms in total. The van der Waals surface area contributed by atoms with Crippen LogP contribution in [-0.2, 0) is 22.5 Å². The van der Waals surface area contributed by atoms with Gasteiger partial charge in [-0.25, -0.2) is 0 Å². The average Bonchev–Trinajstić information content (AvgIpc) is 2.77. The zero-order valence-electron chi connectivity index (χ0n) is 18.1. The van der Waals surface area contributed by atoms with Crippen molar-refractivity contribution >= 4 is 5.97 Å². The summed E-state index contributed by atoms with van der Waals surface area (Å²) in [5, 5.41) is 10.3. The number of benzene rings is 2. The summed E-state index contributed by atoms with van der Waals surface area (Å²) in [7, 11) is 1.59. The zero-order valence-corrected chi connectivity index (χ0v) is 18.1. The molecule has 2 aromatic rings. The minimum atomic E-state index is -0.400. The molecule has 162 valence electrons. The van der Waals surface area contributed by atoms with Gasteiger partial charge in [0.05, 0.1) is 19.1 Å². The van der Waals surface area contributed by atoms with Gasteiger partial charge in [-0.2, -0.15) is 0 Å². The summed E-state index contributed by atoms with van der Waals surface area (Å²) >= 11 is 0. The van der Waals surface area contributed by atoms with Gasteiger partial charge < -0.3 is 14.6 Å². The number of likely N-dealkylation sites (tertiary alicyclic amines) is 1. The summed E-state index contributed by atoms with van der Waals surface area (Å²) in [6.07, 6.45) is 4.38. The van der Waals surface area contributed by atoms with E-state index < -0.39 is 5.41 Å². The number of aryl methyl sites for hydroxylation is 1. The number of methoxy groups -OCH3 is 1. The van der Waals surface area contributed by atoms with Gasteiger partial charge in [-0.15, -0.1) is 0 Å². The number of carbonyl (C=O) groups excluding carboxylic acids is 1. The Morgan fingerprint density at radius 1 is 1.13 bits per heavy atom. The van der Waals surface area contributed by atoms with E-state index in [1.54, 1.807) is 13.2 Å². The van der Waals surface area contributed by atoms with Gasteiger partial charge in [0.2, 0.25) is 0 Å². The molecule has 3 rings (SSSR count). The van der Waals surface area contributed by atoms with E-state index in [9.17, 15) is 9.90 Å². The molecule has 0 unspecified atom stereocenters. The van der Waals surface area contributed by atoms with Gasteiger partial charge in [0.25, 0.3) is 0 Å². The van der Waals surface area contributed by atoms with Crippen molar-refractivity contribution in [1.29, 1.82) is 0 Å². The van der Waals surface area contributed by atoms with E-state index in [1.165, 1.54) is 5.56 Å². The van der Waals surface area contributed by atoms with Crippen LogP contribution in [-0.4, -0.2) is 42.8 Å². The minimum absolute atomic E-state index is 0.0509. The lowest BCUT2D eigenvalue weighted by molar-refractivity contribution is -0.159. The fourth-order valence-electron chi connectivity index (χ4n) is 4.30. The number of phenolic OH excluding ortho intramolecular Hbond substituents is 1. The largest absolute Gasteiger partial charge is 0.507 e. The van der Waals surface area contributed by atoms with E-state index >= 15 is 0 Å². The third kappa shape index (κ3) is 5.54. The maximum atomic E-state index is 12.9. The molecule has 0 bridgehead atoms. The lowest BCUT2D eigenvalue weighted by Crippen LogP contribution is -2.45. The summed E-state index contributed by atoms with van der Waals surface area (Å²) in [6.45, 7) is 4.59. The molecule has 5 heteroatoms. The van der Waals surface area contributed by atoms with Crippen molar-refractivity contribution in [3.8, 4) is 11.5 Å². The van der Waals surface area contributed by atoms with Crippen LogP contribution in [0.4, 0.5) is 0 Å². The molecule has 2 aromatic carbocycles. The molecular formula is C25H33NO4. The van der Waals surface area contributed by atoms with Crippen molar-refractivity contribution < 1.29 is 19.4 Å². The molecule has 30 heavy (non-hydrogen) atoms. The van der Waals surface area contributed by atoms with Crippen LogP contribution in [0, 0.1) is 5.41 Å². The van der Waals surface area contributed by atoms with E-state index in [4.69, 9.17) is 9.47 Å². The highest BCUT2D eigenvalue weighted by molar-refractivity contribution is 5.77. The third-order valence-corrected chi connectivity index (χ3v) is 6.17. The normalized spacial score (nSPS) is 16.2. The van der Waals surface area contributed by atoms with Crippen LogP contribution < -0.4 is 4.74 Å². The molecular weight excluding hydrogens is 378 g/mol. The van der Waals surface area contributed by atoms with Gasteiger partial charge in [-0.3, -0.25) is 9.69 Å². The Labute approximate surface area is 179 Å². The Balaban J connectivity index is 1.60. The second kappa shape index (κ2) is 10.5. The smallest absolute Gasteiger partial charge is 0.312 e. The zero-order chi connectivity index (χ0) is 21.4. The van der Waals surface area contributed by atoms with Gasteiger partial charge in [0, 0.05) is 18.2 Å². The van der Waals surface area contributed by atoms with Crippen molar-refractivity contribution in [3.05, 3.63) is 59.7 Å². The average molecular weight is 412 g/mol. The molecule has 1 aliphatic heterocycles. The molecule has 0 atom stereocenters. The molecule has 0 radical (unpaired) electrons. The number of aromatic hydroxyl groups is 1. The summed E-state index contributed by atoms with van der Waals surface area (Å²) in [5.74, 6) is 0.846. The number of nitrogens with zero attached hydrogens (tertiary/aromatic N) is 1. The lowest BCUT2D eigenvalue weighted by Gasteiger charge is -2.40. The maximum Gasteiger partial charge on any atom is 0.312 e. The Morgan fingerprint density at radius 3 is 2.50 bits per heavy atom. The molecule has 0 aromatic heterocycles. The van der Waals surface area contributed by atoms with Crippen LogP contribution in [0.1, 0.15) is 43.7 Å². The number of piperidine rings is 1. The molecule has 0 spiro atoms. The molecule has 1 N–H and O–H groups in total. The topological polar surface area (TPSA) is 59.0 Å².